The molecule has 4 N–H and O–H groups in total. The molecule has 196 valence electrons. The number of carbonyl (C=O) groups is 1. The number of benzene rings is 3. The van der Waals surface area contributed by atoms with Gasteiger partial charge in [0.1, 0.15) is 11.6 Å². The first-order valence-corrected chi connectivity index (χ1v) is 12.5. The normalized spacial score (nSPS) is 16.6. The van der Waals surface area contributed by atoms with Gasteiger partial charge in [-0.1, -0.05) is 50.2 Å². The molecule has 8 heteroatoms. The summed E-state index contributed by atoms with van der Waals surface area (Å²) in [4.78, 5) is 12.7. The Balaban J connectivity index is 1.48. The van der Waals surface area contributed by atoms with Gasteiger partial charge in [-0.05, 0) is 58.9 Å². The smallest absolute Gasteiger partial charge is 0.319 e. The zero-order valence-electron chi connectivity index (χ0n) is 21.0. The maximum absolute atomic E-state index is 13.8. The van der Waals surface area contributed by atoms with Crippen LogP contribution in [0.4, 0.5) is 19.3 Å². The predicted molar refractivity (Wildman–Crippen MR) is 139 cm³/mol. The van der Waals surface area contributed by atoms with Gasteiger partial charge in [-0.15, -0.1) is 0 Å². The van der Waals surface area contributed by atoms with Gasteiger partial charge >= 0.3 is 6.03 Å². The summed E-state index contributed by atoms with van der Waals surface area (Å²) in [5.74, 6) is -1.05. The van der Waals surface area contributed by atoms with E-state index in [0.29, 0.717) is 30.4 Å². The second-order valence-corrected chi connectivity index (χ2v) is 9.71. The van der Waals surface area contributed by atoms with Gasteiger partial charge < -0.3 is 25.8 Å². The number of anilines is 1. The highest BCUT2D eigenvalue weighted by molar-refractivity contribution is 5.89. The average Bonchev–Trinajstić information content (AvgIpc) is 2.86. The average molecular weight is 510 g/mol. The standard InChI is InChI=1S/C29H33F2N3O3/c1-18(2)20-8-9-21-16-37-17-27(25(21)13-20)32-15-28(35)26(12-19-10-22(30)14-23(31)11-19)34-29(36)33-24-6-4-3-5-7-24/h3-11,13-14,18,26-28,32,35H,12,15-17H2,1-2H3,(H2,33,34,36)/t26-,27?,28-/m0/s1. The number of rotatable bonds is 9. The van der Waals surface area contributed by atoms with E-state index in [1.807, 2.05) is 6.07 Å². The fourth-order valence-corrected chi connectivity index (χ4v) is 4.50. The first-order chi connectivity index (χ1) is 17.8. The number of aliphatic hydroxyl groups is 1. The Morgan fingerprint density at radius 1 is 1.05 bits per heavy atom. The predicted octanol–water partition coefficient (Wildman–Crippen LogP) is 5.04. The van der Waals surface area contributed by atoms with E-state index in [-0.39, 0.29) is 19.0 Å². The lowest BCUT2D eigenvalue weighted by molar-refractivity contribution is 0.0708. The summed E-state index contributed by atoms with van der Waals surface area (Å²) in [5, 5.41) is 20.0. The fourth-order valence-electron chi connectivity index (χ4n) is 4.50. The molecule has 0 saturated carbocycles. The van der Waals surface area contributed by atoms with Crippen LogP contribution < -0.4 is 16.0 Å². The zero-order valence-corrected chi connectivity index (χ0v) is 21.0. The molecular weight excluding hydrogens is 476 g/mol. The monoisotopic (exact) mass is 509 g/mol. The minimum absolute atomic E-state index is 0.0367. The molecule has 0 bridgehead atoms. The highest BCUT2D eigenvalue weighted by atomic mass is 19.1. The first kappa shape index (κ1) is 26.7. The number of urea groups is 1. The van der Waals surface area contributed by atoms with Crippen LogP contribution in [0.15, 0.2) is 66.7 Å². The highest BCUT2D eigenvalue weighted by Crippen LogP contribution is 2.28. The third-order valence-electron chi connectivity index (χ3n) is 6.52. The van der Waals surface area contributed by atoms with Crippen LogP contribution >= 0.6 is 0 Å². The number of halogens is 2. The first-order valence-electron chi connectivity index (χ1n) is 12.5. The molecule has 6 nitrogen and oxygen atoms in total. The molecule has 0 fully saturated rings. The van der Waals surface area contributed by atoms with E-state index in [1.54, 1.807) is 24.3 Å². The molecule has 3 atom stereocenters. The Bertz CT molecular complexity index is 1190. The maximum Gasteiger partial charge on any atom is 0.319 e. The minimum Gasteiger partial charge on any atom is -0.390 e. The molecule has 0 radical (unpaired) electrons. The summed E-state index contributed by atoms with van der Waals surface area (Å²) in [5.41, 5.74) is 4.35. The van der Waals surface area contributed by atoms with Crippen molar-refractivity contribution in [3.63, 3.8) is 0 Å². The minimum atomic E-state index is -1.05. The van der Waals surface area contributed by atoms with E-state index >= 15 is 0 Å². The fraction of sp³-hybridized carbons (Fsp3) is 0.345. The number of fused-ring (bicyclic) bond motifs is 1. The van der Waals surface area contributed by atoms with Crippen molar-refractivity contribution in [2.24, 2.45) is 0 Å². The molecule has 3 aromatic rings. The molecule has 0 aliphatic carbocycles. The van der Waals surface area contributed by atoms with E-state index in [9.17, 15) is 18.7 Å². The zero-order chi connectivity index (χ0) is 26.4. The second-order valence-electron chi connectivity index (χ2n) is 9.71. The van der Waals surface area contributed by atoms with Crippen LogP contribution in [-0.2, 0) is 17.8 Å². The highest BCUT2D eigenvalue weighted by Gasteiger charge is 2.26. The van der Waals surface area contributed by atoms with Gasteiger partial charge in [0.25, 0.3) is 0 Å². The Morgan fingerprint density at radius 2 is 1.78 bits per heavy atom. The second kappa shape index (κ2) is 12.3. The summed E-state index contributed by atoms with van der Waals surface area (Å²) in [6.07, 6.45) is -1.01. The maximum atomic E-state index is 13.8. The molecule has 4 rings (SSSR count). The molecule has 0 spiro atoms. The van der Waals surface area contributed by atoms with Gasteiger partial charge in [0.15, 0.2) is 0 Å². The topological polar surface area (TPSA) is 82.6 Å². The van der Waals surface area contributed by atoms with Crippen molar-refractivity contribution in [2.75, 3.05) is 18.5 Å². The number of ether oxygens (including phenoxy) is 1. The summed E-state index contributed by atoms with van der Waals surface area (Å²) in [6.45, 7) is 5.39. The van der Waals surface area contributed by atoms with Gasteiger partial charge in [-0.25, -0.2) is 13.6 Å². The largest absolute Gasteiger partial charge is 0.390 e. The van der Waals surface area contributed by atoms with Crippen LogP contribution in [-0.4, -0.2) is 36.4 Å². The van der Waals surface area contributed by atoms with Gasteiger partial charge in [-0.2, -0.15) is 0 Å². The van der Waals surface area contributed by atoms with E-state index in [2.05, 4.69) is 48.0 Å². The molecule has 1 heterocycles. The van der Waals surface area contributed by atoms with Crippen molar-refractivity contribution in [2.45, 2.75) is 51.0 Å². The molecule has 1 aliphatic rings. The van der Waals surface area contributed by atoms with E-state index < -0.39 is 29.8 Å². The Labute approximate surface area is 216 Å². The van der Waals surface area contributed by atoms with Gasteiger partial charge in [0, 0.05) is 18.3 Å². The Hall–Kier alpha value is -3.33. The third kappa shape index (κ3) is 7.35. The van der Waals surface area contributed by atoms with E-state index in [0.717, 1.165) is 17.2 Å². The van der Waals surface area contributed by atoms with Crippen molar-refractivity contribution < 1.29 is 23.4 Å². The van der Waals surface area contributed by atoms with Crippen LogP contribution in [0.5, 0.6) is 0 Å². The van der Waals surface area contributed by atoms with Gasteiger partial charge in [0.05, 0.1) is 31.4 Å². The van der Waals surface area contributed by atoms with Crippen LogP contribution in [0, 0.1) is 11.6 Å². The quantitative estimate of drug-likeness (QED) is 0.326. The molecule has 0 saturated heterocycles. The number of amides is 2. The number of hydrogen-bond acceptors (Lipinski definition) is 4. The number of aliphatic hydroxyl groups excluding tert-OH is 1. The van der Waals surface area contributed by atoms with Crippen molar-refractivity contribution in [1.29, 1.82) is 0 Å². The van der Waals surface area contributed by atoms with Crippen LogP contribution in [0.25, 0.3) is 0 Å². The molecule has 2 amide bonds. The van der Waals surface area contributed by atoms with Crippen LogP contribution in [0.3, 0.4) is 0 Å². The Morgan fingerprint density at radius 3 is 2.49 bits per heavy atom. The molecular formula is C29H33F2N3O3. The third-order valence-corrected chi connectivity index (χ3v) is 6.52. The lowest BCUT2D eigenvalue weighted by Crippen LogP contribution is -2.50. The molecule has 0 aromatic heterocycles. The number of para-hydroxylation sites is 1. The van der Waals surface area contributed by atoms with Crippen LogP contribution in [0.1, 0.15) is 48.1 Å². The number of carbonyl (C=O) groups excluding carboxylic acids is 1. The van der Waals surface area contributed by atoms with Gasteiger partial charge in [0.2, 0.25) is 0 Å². The molecule has 37 heavy (non-hydrogen) atoms. The summed E-state index contributed by atoms with van der Waals surface area (Å²) >= 11 is 0. The summed E-state index contributed by atoms with van der Waals surface area (Å²) < 4.78 is 33.4. The SMILES string of the molecule is CC(C)c1ccc2c(c1)C(NC[C@H](O)[C@H](Cc1cc(F)cc(F)c1)NC(=O)Nc1ccccc1)COC2. The number of nitrogens with one attached hydrogen (secondary N) is 3. The molecule has 1 unspecified atom stereocenters. The summed E-state index contributed by atoms with van der Waals surface area (Å²) in [6, 6.07) is 16.9. The Kier molecular flexibility index (Phi) is 8.87. The molecule has 3 aromatic carbocycles. The number of hydrogen-bond donors (Lipinski definition) is 4. The van der Waals surface area contributed by atoms with E-state index in [1.165, 1.54) is 17.7 Å². The van der Waals surface area contributed by atoms with E-state index in [4.69, 9.17) is 4.74 Å². The lowest BCUT2D eigenvalue weighted by atomic mass is 9.92. The van der Waals surface area contributed by atoms with Crippen molar-refractivity contribution >= 4 is 11.7 Å². The summed E-state index contributed by atoms with van der Waals surface area (Å²) in [7, 11) is 0. The van der Waals surface area contributed by atoms with Crippen molar-refractivity contribution in [3.8, 4) is 0 Å². The van der Waals surface area contributed by atoms with Gasteiger partial charge in [-0.3, -0.25) is 0 Å². The van der Waals surface area contributed by atoms with Crippen molar-refractivity contribution in [3.05, 3.63) is 101 Å². The van der Waals surface area contributed by atoms with Crippen molar-refractivity contribution in [1.82, 2.24) is 10.6 Å². The van der Waals surface area contributed by atoms with Crippen LogP contribution in [0.2, 0.25) is 0 Å². The lowest BCUT2D eigenvalue weighted by Gasteiger charge is -2.30. The molecule has 1 aliphatic heterocycles.